The van der Waals surface area contributed by atoms with Gasteiger partial charge in [0.2, 0.25) is 5.91 Å². The first-order chi connectivity index (χ1) is 14.6. The number of hydrogen-bond donors (Lipinski definition) is 0. The van der Waals surface area contributed by atoms with E-state index in [2.05, 4.69) is 4.98 Å². The fraction of sp³-hybridized carbons (Fsp3) is 0.333. The highest BCUT2D eigenvalue weighted by molar-refractivity contribution is 7.90. The van der Waals surface area contributed by atoms with Gasteiger partial charge in [-0.25, -0.2) is 13.4 Å². The number of rotatable bonds is 8. The summed E-state index contributed by atoms with van der Waals surface area (Å²) in [5.74, 6) is 0.460. The van der Waals surface area contributed by atoms with Gasteiger partial charge < -0.3 is 9.64 Å². The number of thiazole rings is 1. The number of aromatic nitrogens is 1. The zero-order valence-corrected chi connectivity index (χ0v) is 20.1. The molecule has 0 aliphatic rings. The Morgan fingerprint density at radius 2 is 1.81 bits per heavy atom. The maximum Gasteiger partial charge on any atom is 0.233 e. The van der Waals surface area contributed by atoms with Crippen molar-refractivity contribution in [1.82, 2.24) is 9.88 Å². The molecule has 0 unspecified atom stereocenters. The monoisotopic (exact) mass is 481 g/mol. The second-order valence-corrected chi connectivity index (χ2v) is 10.8. The first kappa shape index (κ1) is 23.5. The Hall–Kier alpha value is -2.20. The van der Waals surface area contributed by atoms with E-state index in [1.54, 1.807) is 36.3 Å². The van der Waals surface area contributed by atoms with Crippen LogP contribution in [0.4, 0.5) is 5.13 Å². The molecule has 0 bridgehead atoms. The number of amides is 1. The van der Waals surface area contributed by atoms with Gasteiger partial charge >= 0.3 is 0 Å². The van der Waals surface area contributed by atoms with E-state index in [0.717, 1.165) is 16.5 Å². The maximum atomic E-state index is 13.2. The Morgan fingerprint density at radius 3 is 2.39 bits per heavy atom. The molecule has 0 radical (unpaired) electrons. The molecule has 0 N–H and O–H groups in total. The molecule has 0 aliphatic carbocycles. The van der Waals surface area contributed by atoms with Gasteiger partial charge in [0, 0.05) is 19.3 Å². The standard InChI is InChI=1S/C21H24ClN3O4S2/c1-24(2)11-12-25(18(26)13-14-5-7-15(8-6-14)31(4,27)28)21-23-19-17(29-3)10-9-16(22)20(19)30-21/h5-10H,11-13H2,1-4H3. The lowest BCUT2D eigenvalue weighted by Gasteiger charge is -2.22. The summed E-state index contributed by atoms with van der Waals surface area (Å²) < 4.78 is 29.5. The number of carbonyl (C=O) groups is 1. The molecule has 0 saturated carbocycles. The van der Waals surface area contributed by atoms with E-state index in [9.17, 15) is 13.2 Å². The summed E-state index contributed by atoms with van der Waals surface area (Å²) in [7, 11) is 2.15. The third kappa shape index (κ3) is 5.54. The maximum absolute atomic E-state index is 13.2. The number of carbonyl (C=O) groups excluding carboxylic acids is 1. The average Bonchev–Trinajstić information content (AvgIpc) is 3.14. The van der Waals surface area contributed by atoms with E-state index in [1.807, 2.05) is 19.0 Å². The lowest BCUT2D eigenvalue weighted by molar-refractivity contribution is -0.118. The third-order valence-electron chi connectivity index (χ3n) is 4.68. The molecule has 1 amide bonds. The molecule has 7 nitrogen and oxygen atoms in total. The van der Waals surface area contributed by atoms with Gasteiger partial charge in [0.15, 0.2) is 15.0 Å². The third-order valence-corrected chi connectivity index (χ3v) is 7.34. The molecule has 0 atom stereocenters. The van der Waals surface area contributed by atoms with Gasteiger partial charge in [0.1, 0.15) is 11.3 Å². The van der Waals surface area contributed by atoms with E-state index in [4.69, 9.17) is 16.3 Å². The predicted octanol–water partition coefficient (Wildman–Crippen LogP) is 3.50. The molecule has 2 aromatic carbocycles. The van der Waals surface area contributed by atoms with Crippen LogP contribution in [0, 0.1) is 0 Å². The Morgan fingerprint density at radius 1 is 1.13 bits per heavy atom. The first-order valence-electron chi connectivity index (χ1n) is 9.47. The molecular formula is C21H24ClN3O4S2. The van der Waals surface area contributed by atoms with Crippen molar-refractivity contribution in [3.05, 3.63) is 47.0 Å². The molecule has 10 heteroatoms. The van der Waals surface area contributed by atoms with Gasteiger partial charge in [0.25, 0.3) is 0 Å². The lowest BCUT2D eigenvalue weighted by atomic mass is 10.1. The van der Waals surface area contributed by atoms with Gasteiger partial charge in [-0.1, -0.05) is 35.1 Å². The Labute approximate surface area is 191 Å². The number of anilines is 1. The van der Waals surface area contributed by atoms with Gasteiger partial charge in [0.05, 0.1) is 28.1 Å². The summed E-state index contributed by atoms with van der Waals surface area (Å²) in [6, 6.07) is 9.87. The number of likely N-dealkylation sites (N-methyl/N-ethyl adjacent to an activating group) is 1. The highest BCUT2D eigenvalue weighted by Crippen LogP contribution is 2.38. The second kappa shape index (κ2) is 9.52. The number of halogens is 1. The van der Waals surface area contributed by atoms with Crippen LogP contribution in [0.1, 0.15) is 5.56 Å². The first-order valence-corrected chi connectivity index (χ1v) is 12.6. The van der Waals surface area contributed by atoms with Crippen LogP contribution in [-0.4, -0.2) is 64.8 Å². The molecule has 0 spiro atoms. The van der Waals surface area contributed by atoms with Crippen LogP contribution in [0.5, 0.6) is 5.75 Å². The van der Waals surface area contributed by atoms with Crippen LogP contribution in [0.15, 0.2) is 41.3 Å². The summed E-state index contributed by atoms with van der Waals surface area (Å²) >= 11 is 7.69. The van der Waals surface area contributed by atoms with Gasteiger partial charge in [-0.3, -0.25) is 9.69 Å². The summed E-state index contributed by atoms with van der Waals surface area (Å²) in [6.07, 6.45) is 1.28. The van der Waals surface area contributed by atoms with Crippen LogP contribution < -0.4 is 9.64 Å². The van der Waals surface area contributed by atoms with Gasteiger partial charge in [-0.15, -0.1) is 0 Å². The van der Waals surface area contributed by atoms with Crippen molar-refractivity contribution in [3.63, 3.8) is 0 Å². The van der Waals surface area contributed by atoms with Crippen LogP contribution in [0.2, 0.25) is 5.02 Å². The van der Waals surface area contributed by atoms with Crippen molar-refractivity contribution in [1.29, 1.82) is 0 Å². The van der Waals surface area contributed by atoms with E-state index >= 15 is 0 Å². The summed E-state index contributed by atoms with van der Waals surface area (Å²) in [4.78, 5) is 21.7. The molecular weight excluding hydrogens is 458 g/mol. The molecule has 166 valence electrons. The van der Waals surface area contributed by atoms with Crippen molar-refractivity contribution in [2.45, 2.75) is 11.3 Å². The quantitative estimate of drug-likeness (QED) is 0.490. The topological polar surface area (TPSA) is 79.8 Å². The number of ether oxygens (including phenoxy) is 1. The normalized spacial score (nSPS) is 11.8. The van der Waals surface area contributed by atoms with E-state index in [-0.39, 0.29) is 17.2 Å². The average molecular weight is 482 g/mol. The predicted molar refractivity (Wildman–Crippen MR) is 125 cm³/mol. The van der Waals surface area contributed by atoms with E-state index < -0.39 is 9.84 Å². The van der Waals surface area contributed by atoms with Crippen LogP contribution >= 0.6 is 22.9 Å². The van der Waals surface area contributed by atoms with Crippen molar-refractivity contribution in [3.8, 4) is 5.75 Å². The zero-order valence-electron chi connectivity index (χ0n) is 17.8. The van der Waals surface area contributed by atoms with Gasteiger partial charge in [-0.05, 0) is 43.9 Å². The summed E-state index contributed by atoms with van der Waals surface area (Å²) in [5.41, 5.74) is 1.35. The van der Waals surface area contributed by atoms with Crippen molar-refractivity contribution in [2.24, 2.45) is 0 Å². The van der Waals surface area contributed by atoms with Crippen molar-refractivity contribution >= 4 is 54.0 Å². The number of hydrogen-bond acceptors (Lipinski definition) is 7. The second-order valence-electron chi connectivity index (χ2n) is 7.37. The number of fused-ring (bicyclic) bond motifs is 1. The number of benzene rings is 2. The van der Waals surface area contributed by atoms with Crippen LogP contribution in [-0.2, 0) is 21.1 Å². The smallest absolute Gasteiger partial charge is 0.233 e. The van der Waals surface area contributed by atoms with Crippen molar-refractivity contribution < 1.29 is 17.9 Å². The summed E-state index contributed by atoms with van der Waals surface area (Å²) in [5, 5.41) is 1.09. The summed E-state index contributed by atoms with van der Waals surface area (Å²) in [6.45, 7) is 1.10. The van der Waals surface area contributed by atoms with E-state index in [1.165, 1.54) is 23.5 Å². The molecule has 31 heavy (non-hydrogen) atoms. The van der Waals surface area contributed by atoms with Crippen LogP contribution in [0.3, 0.4) is 0 Å². The lowest BCUT2D eigenvalue weighted by Crippen LogP contribution is -2.37. The highest BCUT2D eigenvalue weighted by atomic mass is 35.5. The number of sulfone groups is 1. The molecule has 3 rings (SSSR count). The molecule has 1 aromatic heterocycles. The molecule has 0 saturated heterocycles. The minimum atomic E-state index is -3.28. The SMILES string of the molecule is COc1ccc(Cl)c2sc(N(CCN(C)C)C(=O)Cc3ccc(S(C)(=O)=O)cc3)nc12. The number of methoxy groups -OCH3 is 1. The Kier molecular flexibility index (Phi) is 7.20. The molecule has 0 aliphatic heterocycles. The number of nitrogens with zero attached hydrogens (tertiary/aromatic N) is 3. The van der Waals surface area contributed by atoms with E-state index in [0.29, 0.717) is 34.5 Å². The Bertz CT molecular complexity index is 1190. The van der Waals surface area contributed by atoms with Gasteiger partial charge in [-0.2, -0.15) is 0 Å². The highest BCUT2D eigenvalue weighted by Gasteiger charge is 2.22. The zero-order chi connectivity index (χ0) is 22.8. The largest absolute Gasteiger partial charge is 0.494 e. The Balaban J connectivity index is 1.92. The minimum absolute atomic E-state index is 0.123. The fourth-order valence-corrected chi connectivity index (χ4v) is 4.90. The molecule has 3 aromatic rings. The van der Waals surface area contributed by atoms with Crippen LogP contribution in [0.25, 0.3) is 10.2 Å². The molecule has 1 heterocycles. The fourth-order valence-electron chi connectivity index (χ4n) is 2.97. The molecule has 0 fully saturated rings. The van der Waals surface area contributed by atoms with Crippen molar-refractivity contribution in [2.75, 3.05) is 45.5 Å². The minimum Gasteiger partial charge on any atom is -0.494 e.